The van der Waals surface area contributed by atoms with Crippen LogP contribution < -0.4 is 5.32 Å². The Morgan fingerprint density at radius 1 is 1.21 bits per heavy atom. The second-order valence-corrected chi connectivity index (χ2v) is 7.20. The van der Waals surface area contributed by atoms with Crippen LogP contribution >= 0.6 is 0 Å². The Labute approximate surface area is 119 Å². The van der Waals surface area contributed by atoms with Crippen LogP contribution in [0.5, 0.6) is 0 Å². The lowest BCUT2D eigenvalue weighted by molar-refractivity contribution is -0.0385. The second kappa shape index (κ2) is 5.71. The maximum atomic E-state index is 6.05. The Bertz CT molecular complexity index is 299. The van der Waals surface area contributed by atoms with E-state index in [0.29, 0.717) is 17.7 Å². The van der Waals surface area contributed by atoms with Gasteiger partial charge >= 0.3 is 0 Å². The number of nitrogens with one attached hydrogen (secondary N) is 1. The van der Waals surface area contributed by atoms with Crippen molar-refractivity contribution < 1.29 is 4.74 Å². The smallest absolute Gasteiger partial charge is 0.0706 e. The van der Waals surface area contributed by atoms with Gasteiger partial charge in [0, 0.05) is 30.7 Å². The van der Waals surface area contributed by atoms with Gasteiger partial charge in [-0.2, -0.15) is 0 Å². The molecule has 3 nitrogen and oxygen atoms in total. The molecule has 1 N–H and O–H groups in total. The molecule has 0 bridgehead atoms. The highest BCUT2D eigenvalue weighted by molar-refractivity contribution is 5.01. The Balaban J connectivity index is 2.07. The van der Waals surface area contributed by atoms with Gasteiger partial charge in [-0.1, -0.05) is 13.8 Å². The van der Waals surface area contributed by atoms with Crippen molar-refractivity contribution in [1.82, 2.24) is 10.2 Å². The summed E-state index contributed by atoms with van der Waals surface area (Å²) in [5.74, 6) is 0. The zero-order chi connectivity index (χ0) is 14.1. The SMILES string of the molecule is CCC1(CC)CNC(C)(C)CN1CC1CCC(C)O1. The summed E-state index contributed by atoms with van der Waals surface area (Å²) in [7, 11) is 0. The van der Waals surface area contributed by atoms with Gasteiger partial charge in [0.1, 0.15) is 0 Å². The van der Waals surface area contributed by atoms with E-state index in [-0.39, 0.29) is 5.54 Å². The van der Waals surface area contributed by atoms with E-state index in [0.717, 1.165) is 19.6 Å². The average Bonchev–Trinajstić information content (AvgIpc) is 2.75. The number of hydrogen-bond donors (Lipinski definition) is 1. The molecule has 0 aromatic rings. The van der Waals surface area contributed by atoms with Crippen LogP contribution in [0.15, 0.2) is 0 Å². The summed E-state index contributed by atoms with van der Waals surface area (Å²) in [6, 6.07) is 0. The monoisotopic (exact) mass is 268 g/mol. The van der Waals surface area contributed by atoms with E-state index in [1.54, 1.807) is 0 Å². The van der Waals surface area contributed by atoms with Crippen LogP contribution in [-0.2, 0) is 4.74 Å². The molecule has 0 aromatic carbocycles. The Morgan fingerprint density at radius 3 is 2.42 bits per heavy atom. The summed E-state index contributed by atoms with van der Waals surface area (Å²) in [6.45, 7) is 14.8. The summed E-state index contributed by atoms with van der Waals surface area (Å²) in [4.78, 5) is 2.71. The van der Waals surface area contributed by atoms with Crippen molar-refractivity contribution in [1.29, 1.82) is 0 Å². The van der Waals surface area contributed by atoms with Gasteiger partial charge in [0.05, 0.1) is 12.2 Å². The van der Waals surface area contributed by atoms with Crippen molar-refractivity contribution in [2.75, 3.05) is 19.6 Å². The fraction of sp³-hybridized carbons (Fsp3) is 1.00. The molecule has 0 spiro atoms. The van der Waals surface area contributed by atoms with Crippen molar-refractivity contribution in [2.45, 2.75) is 83.6 Å². The molecule has 0 saturated carbocycles. The number of hydrogen-bond acceptors (Lipinski definition) is 3. The third-order valence-electron chi connectivity index (χ3n) is 5.21. The summed E-state index contributed by atoms with van der Waals surface area (Å²) in [6.07, 6.45) is 5.80. The van der Waals surface area contributed by atoms with Crippen LogP contribution in [0, 0.1) is 0 Å². The van der Waals surface area contributed by atoms with E-state index in [4.69, 9.17) is 4.74 Å². The zero-order valence-corrected chi connectivity index (χ0v) is 13.5. The maximum Gasteiger partial charge on any atom is 0.0706 e. The third kappa shape index (κ3) is 3.32. The molecule has 2 unspecified atom stereocenters. The lowest BCUT2D eigenvalue weighted by atomic mass is 9.84. The molecule has 0 amide bonds. The zero-order valence-electron chi connectivity index (χ0n) is 13.5. The molecule has 0 radical (unpaired) electrons. The predicted molar refractivity (Wildman–Crippen MR) is 80.5 cm³/mol. The molecule has 112 valence electrons. The Kier molecular flexibility index (Phi) is 4.59. The first-order valence-electron chi connectivity index (χ1n) is 8.06. The fourth-order valence-corrected chi connectivity index (χ4v) is 3.69. The standard InChI is InChI=1S/C16H32N2O/c1-6-16(7-2)11-17-15(4,5)12-18(16)10-14-9-8-13(3)19-14/h13-14,17H,6-12H2,1-5H3. The average molecular weight is 268 g/mol. The van der Waals surface area contributed by atoms with Gasteiger partial charge in [-0.15, -0.1) is 0 Å². The van der Waals surface area contributed by atoms with Gasteiger partial charge < -0.3 is 10.1 Å². The minimum Gasteiger partial charge on any atom is -0.374 e. The minimum absolute atomic E-state index is 0.220. The van der Waals surface area contributed by atoms with Crippen LogP contribution in [0.4, 0.5) is 0 Å². The first-order chi connectivity index (χ1) is 8.91. The van der Waals surface area contributed by atoms with Crippen LogP contribution in [-0.4, -0.2) is 47.8 Å². The first kappa shape index (κ1) is 15.3. The first-order valence-corrected chi connectivity index (χ1v) is 8.06. The van der Waals surface area contributed by atoms with Gasteiger partial charge in [0.2, 0.25) is 0 Å². The molecule has 2 aliphatic heterocycles. The van der Waals surface area contributed by atoms with Crippen LogP contribution in [0.25, 0.3) is 0 Å². The van der Waals surface area contributed by atoms with Crippen molar-refractivity contribution >= 4 is 0 Å². The molecule has 3 heteroatoms. The molecule has 2 saturated heterocycles. The normalized spacial score (nSPS) is 34.6. The molecule has 2 fully saturated rings. The maximum absolute atomic E-state index is 6.05. The second-order valence-electron chi connectivity index (χ2n) is 7.20. The number of piperazine rings is 1. The lowest BCUT2D eigenvalue weighted by Crippen LogP contribution is -2.68. The largest absolute Gasteiger partial charge is 0.374 e. The highest BCUT2D eigenvalue weighted by atomic mass is 16.5. The molecular formula is C16H32N2O. The van der Waals surface area contributed by atoms with E-state index in [2.05, 4.69) is 44.8 Å². The quantitative estimate of drug-likeness (QED) is 0.848. The van der Waals surface area contributed by atoms with Crippen LogP contribution in [0.3, 0.4) is 0 Å². The Hall–Kier alpha value is -0.120. The van der Waals surface area contributed by atoms with E-state index in [1.165, 1.54) is 25.7 Å². The van der Waals surface area contributed by atoms with Gasteiger partial charge in [0.15, 0.2) is 0 Å². The Morgan fingerprint density at radius 2 is 1.89 bits per heavy atom. The summed E-state index contributed by atoms with van der Waals surface area (Å²) < 4.78 is 6.05. The topological polar surface area (TPSA) is 24.5 Å². The molecule has 2 rings (SSSR count). The molecule has 2 aliphatic rings. The van der Waals surface area contributed by atoms with Crippen LogP contribution in [0.2, 0.25) is 0 Å². The molecular weight excluding hydrogens is 236 g/mol. The predicted octanol–water partition coefficient (Wildman–Crippen LogP) is 2.80. The van der Waals surface area contributed by atoms with E-state index >= 15 is 0 Å². The highest BCUT2D eigenvalue weighted by Crippen LogP contribution is 2.32. The highest BCUT2D eigenvalue weighted by Gasteiger charge is 2.42. The van der Waals surface area contributed by atoms with E-state index in [9.17, 15) is 0 Å². The van der Waals surface area contributed by atoms with Crippen molar-refractivity contribution in [3.05, 3.63) is 0 Å². The summed E-state index contributed by atoms with van der Waals surface area (Å²) in [5, 5.41) is 3.73. The van der Waals surface area contributed by atoms with E-state index < -0.39 is 0 Å². The number of rotatable bonds is 4. The van der Waals surface area contributed by atoms with E-state index in [1.807, 2.05) is 0 Å². The fourth-order valence-electron chi connectivity index (χ4n) is 3.69. The molecule has 2 heterocycles. The number of nitrogens with zero attached hydrogens (tertiary/aromatic N) is 1. The van der Waals surface area contributed by atoms with Gasteiger partial charge in [-0.3, -0.25) is 4.90 Å². The van der Waals surface area contributed by atoms with Gasteiger partial charge in [-0.05, 0) is 46.5 Å². The van der Waals surface area contributed by atoms with Gasteiger partial charge in [0.25, 0.3) is 0 Å². The molecule has 0 aromatic heterocycles. The van der Waals surface area contributed by atoms with Crippen molar-refractivity contribution in [3.63, 3.8) is 0 Å². The number of ether oxygens (including phenoxy) is 1. The molecule has 19 heavy (non-hydrogen) atoms. The lowest BCUT2D eigenvalue weighted by Gasteiger charge is -2.53. The van der Waals surface area contributed by atoms with Crippen molar-refractivity contribution in [2.24, 2.45) is 0 Å². The minimum atomic E-state index is 0.220. The third-order valence-corrected chi connectivity index (χ3v) is 5.21. The van der Waals surface area contributed by atoms with Crippen molar-refractivity contribution in [3.8, 4) is 0 Å². The van der Waals surface area contributed by atoms with Crippen LogP contribution in [0.1, 0.15) is 60.3 Å². The summed E-state index contributed by atoms with van der Waals surface area (Å²) >= 11 is 0. The molecule has 2 atom stereocenters. The summed E-state index contributed by atoms with van der Waals surface area (Å²) in [5.41, 5.74) is 0.544. The molecule has 0 aliphatic carbocycles. The van der Waals surface area contributed by atoms with Gasteiger partial charge in [-0.25, -0.2) is 0 Å².